The van der Waals surface area contributed by atoms with Gasteiger partial charge in [0.15, 0.2) is 18.3 Å². The van der Waals surface area contributed by atoms with E-state index in [4.69, 9.17) is 35.3 Å². The number of pyridine rings is 1. The number of nitrogens with zero attached hydrogens (tertiary/aromatic N) is 1. The third-order valence-electron chi connectivity index (χ3n) is 6.40. The van der Waals surface area contributed by atoms with Gasteiger partial charge in [-0.3, -0.25) is 24.2 Å². The maximum atomic E-state index is 13.3. The van der Waals surface area contributed by atoms with Crippen LogP contribution in [0.1, 0.15) is 49.8 Å². The first-order chi connectivity index (χ1) is 20.4. The van der Waals surface area contributed by atoms with Crippen molar-refractivity contribution in [3.05, 3.63) is 75.5 Å². The molecule has 0 radical (unpaired) electrons. The lowest BCUT2D eigenvalue weighted by Gasteiger charge is -2.44. The van der Waals surface area contributed by atoms with Crippen molar-refractivity contribution >= 4 is 46.8 Å². The summed E-state index contributed by atoms with van der Waals surface area (Å²) in [6.45, 7) is 4.39. The number of benzene rings is 1. The standard InChI is InChI=1S/C30H29ClFNO9S/c1-15(34)38-14-25-28(39-16(2)35)30(41-18(4)37)29(40-17(3)36)27(42-25)19-5-8-23(31)20(11-19)12-22-7-10-26(43-22)24-9-6-21(32)13-33-24/h5-11,13,25,27-30H,12,14H2,1-4H3/t25?,27?,28-,29+,30?/m1/s1. The van der Waals surface area contributed by atoms with Gasteiger partial charge >= 0.3 is 23.9 Å². The van der Waals surface area contributed by atoms with Crippen molar-refractivity contribution in [2.75, 3.05) is 6.61 Å². The van der Waals surface area contributed by atoms with Crippen LogP contribution in [0.4, 0.5) is 4.39 Å². The summed E-state index contributed by atoms with van der Waals surface area (Å²) in [6.07, 6.45) is -4.29. The molecule has 3 aromatic rings. The van der Waals surface area contributed by atoms with Gasteiger partial charge in [-0.25, -0.2) is 4.39 Å². The zero-order valence-electron chi connectivity index (χ0n) is 23.7. The van der Waals surface area contributed by atoms with Crippen molar-refractivity contribution in [2.45, 2.75) is 64.6 Å². The van der Waals surface area contributed by atoms with E-state index in [-0.39, 0.29) is 6.61 Å². The molecule has 13 heteroatoms. The van der Waals surface area contributed by atoms with Crippen LogP contribution in [0.3, 0.4) is 0 Å². The number of halogens is 2. The van der Waals surface area contributed by atoms with Crippen LogP contribution in [0.5, 0.6) is 0 Å². The molecule has 1 fully saturated rings. The number of rotatable bonds is 9. The number of ether oxygens (including phenoxy) is 5. The fourth-order valence-corrected chi connectivity index (χ4v) is 5.92. The lowest BCUT2D eigenvalue weighted by molar-refractivity contribution is -0.254. The molecule has 3 heterocycles. The number of hydrogen-bond donors (Lipinski definition) is 0. The van der Waals surface area contributed by atoms with Crippen molar-refractivity contribution in [1.82, 2.24) is 4.98 Å². The highest BCUT2D eigenvalue weighted by Gasteiger charge is 2.52. The fraction of sp³-hybridized carbons (Fsp3) is 0.367. The smallest absolute Gasteiger partial charge is 0.303 e. The first kappa shape index (κ1) is 32.1. The van der Waals surface area contributed by atoms with Gasteiger partial charge in [-0.15, -0.1) is 11.3 Å². The zero-order chi connectivity index (χ0) is 31.3. The molecule has 0 N–H and O–H groups in total. The highest BCUT2D eigenvalue weighted by Crippen LogP contribution is 2.39. The van der Waals surface area contributed by atoms with Gasteiger partial charge in [0.2, 0.25) is 0 Å². The van der Waals surface area contributed by atoms with Gasteiger partial charge in [-0.2, -0.15) is 0 Å². The molecule has 1 saturated heterocycles. The van der Waals surface area contributed by atoms with Gasteiger partial charge in [0, 0.05) is 44.0 Å². The topological polar surface area (TPSA) is 127 Å². The second kappa shape index (κ2) is 14.1. The van der Waals surface area contributed by atoms with Crippen LogP contribution in [0.15, 0.2) is 48.7 Å². The van der Waals surface area contributed by atoms with E-state index in [0.717, 1.165) is 22.9 Å². The predicted octanol–water partition coefficient (Wildman–Crippen LogP) is 4.99. The van der Waals surface area contributed by atoms with E-state index in [9.17, 15) is 23.6 Å². The van der Waals surface area contributed by atoms with Gasteiger partial charge < -0.3 is 23.7 Å². The largest absolute Gasteiger partial charge is 0.463 e. The van der Waals surface area contributed by atoms with Crippen LogP contribution < -0.4 is 0 Å². The van der Waals surface area contributed by atoms with Gasteiger partial charge in [-0.05, 0) is 41.5 Å². The lowest BCUT2D eigenvalue weighted by Crippen LogP contribution is -2.59. The van der Waals surface area contributed by atoms with E-state index in [1.807, 2.05) is 12.1 Å². The Morgan fingerprint density at radius 3 is 2.19 bits per heavy atom. The highest BCUT2D eigenvalue weighted by atomic mass is 35.5. The van der Waals surface area contributed by atoms with Crippen molar-refractivity contribution in [2.24, 2.45) is 0 Å². The summed E-state index contributed by atoms with van der Waals surface area (Å²) in [5.41, 5.74) is 1.87. The predicted molar refractivity (Wildman–Crippen MR) is 153 cm³/mol. The number of thiophene rings is 1. The normalized spacial score (nSPS) is 21.5. The van der Waals surface area contributed by atoms with Crippen LogP contribution in [0.2, 0.25) is 5.02 Å². The molecule has 0 saturated carbocycles. The van der Waals surface area contributed by atoms with E-state index in [2.05, 4.69) is 4.98 Å². The lowest BCUT2D eigenvalue weighted by atomic mass is 9.89. The SMILES string of the molecule is CC(=O)OCC1OC(c2ccc(Cl)c(Cc3ccc(-c4ccc(F)cn4)s3)c2)[C@H](OC(C)=O)C(OC(C)=O)[C@@H]1OC(C)=O. The van der Waals surface area contributed by atoms with Gasteiger partial charge in [0.25, 0.3) is 0 Å². The maximum Gasteiger partial charge on any atom is 0.303 e. The molecule has 4 rings (SSSR count). The van der Waals surface area contributed by atoms with Crippen LogP contribution in [0.25, 0.3) is 10.6 Å². The van der Waals surface area contributed by atoms with Crippen molar-refractivity contribution in [1.29, 1.82) is 0 Å². The van der Waals surface area contributed by atoms with Crippen molar-refractivity contribution in [3.8, 4) is 10.6 Å². The summed E-state index contributed by atoms with van der Waals surface area (Å²) in [7, 11) is 0. The summed E-state index contributed by atoms with van der Waals surface area (Å²) in [4.78, 5) is 53.9. The van der Waals surface area contributed by atoms with Gasteiger partial charge in [0.05, 0.1) is 16.8 Å². The van der Waals surface area contributed by atoms with E-state index >= 15 is 0 Å². The molecule has 0 spiro atoms. The second-order valence-electron chi connectivity index (χ2n) is 9.78. The average molecular weight is 634 g/mol. The second-order valence-corrected chi connectivity index (χ2v) is 11.4. The zero-order valence-corrected chi connectivity index (χ0v) is 25.3. The minimum Gasteiger partial charge on any atom is -0.463 e. The molecule has 43 heavy (non-hydrogen) atoms. The average Bonchev–Trinajstić information content (AvgIpc) is 3.39. The third kappa shape index (κ3) is 8.37. The molecule has 3 unspecified atom stereocenters. The minimum absolute atomic E-state index is 0.329. The van der Waals surface area contributed by atoms with E-state index in [0.29, 0.717) is 28.3 Å². The number of carbonyl (C=O) groups is 4. The summed E-state index contributed by atoms with van der Waals surface area (Å²) in [5.74, 6) is -3.14. The van der Waals surface area contributed by atoms with Gasteiger partial charge in [0.1, 0.15) is 24.6 Å². The Balaban J connectivity index is 1.70. The van der Waals surface area contributed by atoms with Crippen LogP contribution in [-0.2, 0) is 49.3 Å². The molecule has 0 aliphatic carbocycles. The first-order valence-corrected chi connectivity index (χ1v) is 14.4. The van der Waals surface area contributed by atoms with Crippen LogP contribution >= 0.6 is 22.9 Å². The highest BCUT2D eigenvalue weighted by molar-refractivity contribution is 7.15. The number of esters is 4. The summed E-state index contributed by atoms with van der Waals surface area (Å²) in [5, 5.41) is 0.462. The number of carbonyl (C=O) groups excluding carboxylic acids is 4. The van der Waals surface area contributed by atoms with E-state index in [1.54, 1.807) is 24.3 Å². The molecule has 1 aliphatic rings. The molecule has 10 nitrogen and oxygen atoms in total. The molecule has 1 aromatic carbocycles. The molecule has 2 aromatic heterocycles. The maximum absolute atomic E-state index is 13.3. The Morgan fingerprint density at radius 2 is 1.56 bits per heavy atom. The summed E-state index contributed by atoms with van der Waals surface area (Å²) < 4.78 is 41.3. The quantitative estimate of drug-likeness (QED) is 0.235. The Bertz CT molecular complexity index is 1490. The molecular weight excluding hydrogens is 605 g/mol. The molecule has 5 atom stereocenters. The van der Waals surface area contributed by atoms with Crippen LogP contribution in [-0.4, -0.2) is 59.9 Å². The Morgan fingerprint density at radius 1 is 0.884 bits per heavy atom. The Kier molecular flexibility index (Phi) is 10.5. The van der Waals surface area contributed by atoms with Crippen LogP contribution in [0, 0.1) is 5.82 Å². The summed E-state index contributed by atoms with van der Waals surface area (Å²) >= 11 is 8.05. The van der Waals surface area contributed by atoms with Gasteiger partial charge in [-0.1, -0.05) is 23.7 Å². The molecular formula is C30H29ClFNO9S. The van der Waals surface area contributed by atoms with Crippen molar-refractivity contribution < 1.29 is 47.3 Å². The molecule has 228 valence electrons. The Labute approximate surface area is 256 Å². The number of aromatic nitrogens is 1. The van der Waals surface area contributed by atoms with E-state index < -0.39 is 60.2 Å². The first-order valence-electron chi connectivity index (χ1n) is 13.2. The fourth-order valence-electron chi connectivity index (χ4n) is 4.72. The summed E-state index contributed by atoms with van der Waals surface area (Å²) in [6, 6.07) is 11.9. The monoisotopic (exact) mass is 633 g/mol. The number of hydrogen-bond acceptors (Lipinski definition) is 11. The van der Waals surface area contributed by atoms with Crippen molar-refractivity contribution in [3.63, 3.8) is 0 Å². The Hall–Kier alpha value is -3.87. The van der Waals surface area contributed by atoms with E-state index in [1.165, 1.54) is 38.2 Å². The minimum atomic E-state index is -1.29. The molecule has 0 bridgehead atoms. The third-order valence-corrected chi connectivity index (χ3v) is 7.87. The molecule has 0 amide bonds. The molecule has 1 aliphatic heterocycles.